The second-order valence-electron chi connectivity index (χ2n) is 9.46. The summed E-state index contributed by atoms with van der Waals surface area (Å²) in [6, 6.07) is 14.3. The first-order chi connectivity index (χ1) is 17.9. The first-order valence-corrected chi connectivity index (χ1v) is 13.9. The summed E-state index contributed by atoms with van der Waals surface area (Å²) in [5, 5.41) is 7.03. The molecule has 10 nitrogen and oxygen atoms in total. The monoisotopic (exact) mass is 525 g/mol. The lowest BCUT2D eigenvalue weighted by atomic mass is 9.96. The SMILES string of the molecule is Cc1ccc(-c2noc(CN3CCC(C(=O)Nc4ccc(S(=O)(=O)N5CCOCC5)cc4)CC3)n2)cc1. The highest BCUT2D eigenvalue weighted by Crippen LogP contribution is 2.24. The van der Waals surface area contributed by atoms with Gasteiger partial charge >= 0.3 is 0 Å². The molecule has 37 heavy (non-hydrogen) atoms. The number of morpholine rings is 1. The lowest BCUT2D eigenvalue weighted by Crippen LogP contribution is -2.40. The van der Waals surface area contributed by atoms with Gasteiger partial charge in [-0.25, -0.2) is 8.42 Å². The first kappa shape index (κ1) is 25.5. The molecule has 1 aromatic heterocycles. The first-order valence-electron chi connectivity index (χ1n) is 12.5. The Bertz CT molecular complexity index is 1310. The highest BCUT2D eigenvalue weighted by atomic mass is 32.2. The van der Waals surface area contributed by atoms with Crippen LogP contribution in [0.2, 0.25) is 0 Å². The van der Waals surface area contributed by atoms with E-state index in [0.29, 0.717) is 63.1 Å². The van der Waals surface area contributed by atoms with Crippen LogP contribution in [0, 0.1) is 12.8 Å². The molecule has 1 N–H and O–H groups in total. The Morgan fingerprint density at radius 2 is 1.68 bits per heavy atom. The number of carbonyl (C=O) groups excluding carboxylic acids is 1. The van der Waals surface area contributed by atoms with Gasteiger partial charge in [0.05, 0.1) is 24.7 Å². The van der Waals surface area contributed by atoms with Gasteiger partial charge in [0.15, 0.2) is 0 Å². The number of likely N-dealkylation sites (tertiary alicyclic amines) is 1. The third-order valence-electron chi connectivity index (χ3n) is 6.82. The fourth-order valence-corrected chi connectivity index (χ4v) is 5.98. The molecule has 196 valence electrons. The average Bonchev–Trinajstić information content (AvgIpc) is 3.39. The van der Waals surface area contributed by atoms with Crippen molar-refractivity contribution in [3.63, 3.8) is 0 Å². The zero-order chi connectivity index (χ0) is 25.8. The van der Waals surface area contributed by atoms with E-state index in [2.05, 4.69) is 20.4 Å². The number of nitrogens with zero attached hydrogens (tertiary/aromatic N) is 4. The van der Waals surface area contributed by atoms with E-state index in [0.717, 1.165) is 18.7 Å². The van der Waals surface area contributed by atoms with E-state index < -0.39 is 10.0 Å². The molecule has 2 aromatic carbocycles. The molecule has 0 saturated carbocycles. The van der Waals surface area contributed by atoms with Crippen molar-refractivity contribution in [3.05, 3.63) is 60.0 Å². The minimum absolute atomic E-state index is 0.0529. The molecule has 0 atom stereocenters. The van der Waals surface area contributed by atoms with E-state index in [-0.39, 0.29) is 16.7 Å². The third-order valence-corrected chi connectivity index (χ3v) is 8.74. The van der Waals surface area contributed by atoms with Gasteiger partial charge in [0.2, 0.25) is 27.6 Å². The summed E-state index contributed by atoms with van der Waals surface area (Å²) in [7, 11) is -3.56. The number of sulfonamides is 1. The quantitative estimate of drug-likeness (QED) is 0.500. The van der Waals surface area contributed by atoms with Crippen LogP contribution in [0.15, 0.2) is 57.9 Å². The Kier molecular flexibility index (Phi) is 7.65. The molecule has 5 rings (SSSR count). The second kappa shape index (κ2) is 11.1. The van der Waals surface area contributed by atoms with Crippen LogP contribution in [0.1, 0.15) is 24.3 Å². The van der Waals surface area contributed by atoms with Gasteiger partial charge in [-0.3, -0.25) is 9.69 Å². The van der Waals surface area contributed by atoms with Crippen molar-refractivity contribution >= 4 is 21.6 Å². The van der Waals surface area contributed by atoms with Gasteiger partial charge in [-0.1, -0.05) is 35.0 Å². The van der Waals surface area contributed by atoms with Gasteiger partial charge in [0.1, 0.15) is 0 Å². The fourth-order valence-electron chi connectivity index (χ4n) is 4.57. The number of anilines is 1. The predicted octanol–water partition coefficient (Wildman–Crippen LogP) is 2.92. The van der Waals surface area contributed by atoms with Gasteiger partial charge in [0.25, 0.3) is 0 Å². The molecule has 0 spiro atoms. The molecule has 2 saturated heterocycles. The van der Waals surface area contributed by atoms with E-state index >= 15 is 0 Å². The molecule has 2 aliphatic rings. The number of hydrogen-bond acceptors (Lipinski definition) is 8. The van der Waals surface area contributed by atoms with Crippen LogP contribution in [0.3, 0.4) is 0 Å². The van der Waals surface area contributed by atoms with Gasteiger partial charge < -0.3 is 14.6 Å². The highest BCUT2D eigenvalue weighted by Gasteiger charge is 2.28. The number of rotatable bonds is 7. The van der Waals surface area contributed by atoms with Gasteiger partial charge in [-0.05, 0) is 57.1 Å². The van der Waals surface area contributed by atoms with Crippen molar-refractivity contribution in [3.8, 4) is 11.4 Å². The number of benzene rings is 2. The fraction of sp³-hybridized carbons (Fsp3) is 0.423. The predicted molar refractivity (Wildman–Crippen MR) is 137 cm³/mol. The van der Waals surface area contributed by atoms with Crippen molar-refractivity contribution in [2.45, 2.75) is 31.2 Å². The molecule has 0 bridgehead atoms. The Labute approximate surface area is 216 Å². The van der Waals surface area contributed by atoms with Crippen molar-refractivity contribution in [2.24, 2.45) is 5.92 Å². The van der Waals surface area contributed by atoms with Crippen molar-refractivity contribution in [1.82, 2.24) is 19.3 Å². The molecule has 11 heteroatoms. The number of aryl methyl sites for hydroxylation is 1. The van der Waals surface area contributed by atoms with Crippen molar-refractivity contribution in [1.29, 1.82) is 0 Å². The van der Waals surface area contributed by atoms with Crippen LogP contribution in [0.4, 0.5) is 5.69 Å². The van der Waals surface area contributed by atoms with E-state index in [1.807, 2.05) is 31.2 Å². The minimum Gasteiger partial charge on any atom is -0.379 e. The van der Waals surface area contributed by atoms with Crippen LogP contribution in [0.5, 0.6) is 0 Å². The number of ether oxygens (including phenoxy) is 1. The molecule has 0 unspecified atom stereocenters. The molecule has 3 heterocycles. The molecular formula is C26H31N5O5S. The van der Waals surface area contributed by atoms with E-state index in [1.54, 1.807) is 12.1 Å². The smallest absolute Gasteiger partial charge is 0.243 e. The maximum absolute atomic E-state index is 12.8. The lowest BCUT2D eigenvalue weighted by Gasteiger charge is -2.30. The summed E-state index contributed by atoms with van der Waals surface area (Å²) in [6.45, 7) is 5.57. The molecule has 1 amide bonds. The molecule has 2 aliphatic heterocycles. The number of amides is 1. The summed E-state index contributed by atoms with van der Waals surface area (Å²) in [6.07, 6.45) is 1.43. The van der Waals surface area contributed by atoms with Gasteiger partial charge in [-0.15, -0.1) is 0 Å². The summed E-state index contributed by atoms with van der Waals surface area (Å²) >= 11 is 0. The van der Waals surface area contributed by atoms with Crippen LogP contribution in [-0.2, 0) is 26.1 Å². The number of hydrogen-bond donors (Lipinski definition) is 1. The molecular weight excluding hydrogens is 494 g/mol. The normalized spacial score (nSPS) is 18.1. The van der Waals surface area contributed by atoms with Crippen LogP contribution < -0.4 is 5.32 Å². The zero-order valence-electron chi connectivity index (χ0n) is 20.8. The summed E-state index contributed by atoms with van der Waals surface area (Å²) in [4.78, 5) is 19.8. The van der Waals surface area contributed by atoms with Gasteiger partial charge in [-0.2, -0.15) is 9.29 Å². The average molecular weight is 526 g/mol. The summed E-state index contributed by atoms with van der Waals surface area (Å²) in [5.41, 5.74) is 2.68. The number of nitrogens with one attached hydrogen (secondary N) is 1. The summed E-state index contributed by atoms with van der Waals surface area (Å²) in [5.74, 6) is 0.973. The molecule has 2 fully saturated rings. The summed E-state index contributed by atoms with van der Waals surface area (Å²) < 4.78 is 37.7. The van der Waals surface area contributed by atoms with E-state index in [1.165, 1.54) is 22.0 Å². The third kappa shape index (κ3) is 6.07. The second-order valence-corrected chi connectivity index (χ2v) is 11.4. The van der Waals surface area contributed by atoms with Gasteiger partial charge in [0, 0.05) is 30.3 Å². The minimum atomic E-state index is -3.56. The number of carbonyl (C=O) groups is 1. The van der Waals surface area contributed by atoms with Crippen molar-refractivity contribution in [2.75, 3.05) is 44.7 Å². The number of piperidine rings is 1. The number of aromatic nitrogens is 2. The molecule has 0 radical (unpaired) electrons. The molecule has 3 aromatic rings. The molecule has 0 aliphatic carbocycles. The Morgan fingerprint density at radius 3 is 2.35 bits per heavy atom. The van der Waals surface area contributed by atoms with E-state index in [4.69, 9.17) is 9.26 Å². The zero-order valence-corrected chi connectivity index (χ0v) is 21.6. The Balaban J connectivity index is 1.11. The van der Waals surface area contributed by atoms with Crippen LogP contribution >= 0.6 is 0 Å². The Hall–Kier alpha value is -3.12. The maximum Gasteiger partial charge on any atom is 0.243 e. The van der Waals surface area contributed by atoms with E-state index in [9.17, 15) is 13.2 Å². The van der Waals surface area contributed by atoms with Crippen molar-refractivity contribution < 1.29 is 22.5 Å². The van der Waals surface area contributed by atoms with Crippen LogP contribution in [-0.4, -0.2) is 73.1 Å². The topological polar surface area (TPSA) is 118 Å². The largest absolute Gasteiger partial charge is 0.379 e. The standard InChI is InChI=1S/C26H31N5O5S/c1-19-2-4-20(5-3-19)25-28-24(36-29-25)18-30-12-10-21(11-13-30)26(32)27-22-6-8-23(9-7-22)37(33,34)31-14-16-35-17-15-31/h2-9,21H,10-18H2,1H3,(H,27,32). The van der Waals surface area contributed by atoms with Crippen LogP contribution in [0.25, 0.3) is 11.4 Å². The lowest BCUT2D eigenvalue weighted by molar-refractivity contribution is -0.121. The maximum atomic E-state index is 12.8. The Morgan fingerprint density at radius 1 is 1.00 bits per heavy atom. The highest BCUT2D eigenvalue weighted by molar-refractivity contribution is 7.89.